The number of aryl methyl sites for hydroxylation is 1. The predicted molar refractivity (Wildman–Crippen MR) is 111 cm³/mol. The summed E-state index contributed by atoms with van der Waals surface area (Å²) in [5.74, 6) is 5.35. The van der Waals surface area contributed by atoms with Crippen LogP contribution in [0.25, 0.3) is 5.57 Å². The number of carbonyl (C=O) groups excluding carboxylic acids is 1. The molecule has 0 radical (unpaired) electrons. The van der Waals surface area contributed by atoms with Gasteiger partial charge in [0.2, 0.25) is 0 Å². The van der Waals surface area contributed by atoms with Crippen LogP contribution in [-0.4, -0.2) is 12.5 Å². The van der Waals surface area contributed by atoms with Crippen molar-refractivity contribution in [1.29, 1.82) is 0 Å². The van der Waals surface area contributed by atoms with E-state index in [0.29, 0.717) is 23.5 Å². The minimum atomic E-state index is -0.0973. The molecule has 0 aromatic heterocycles. The van der Waals surface area contributed by atoms with Crippen molar-refractivity contribution < 1.29 is 4.79 Å². The van der Waals surface area contributed by atoms with E-state index in [1.165, 1.54) is 11.8 Å². The second-order valence-electron chi connectivity index (χ2n) is 5.82. The van der Waals surface area contributed by atoms with Crippen molar-refractivity contribution >= 4 is 46.0 Å². The summed E-state index contributed by atoms with van der Waals surface area (Å²) >= 11 is 1.52. The third kappa shape index (κ3) is 3.40. The van der Waals surface area contributed by atoms with Crippen molar-refractivity contribution in [2.45, 2.75) is 11.8 Å². The highest BCUT2D eigenvalue weighted by atomic mass is 32.2. The predicted octanol–water partition coefficient (Wildman–Crippen LogP) is 3.55. The minimum absolute atomic E-state index is 0.0973. The van der Waals surface area contributed by atoms with Crippen LogP contribution in [0.4, 0.5) is 22.7 Å². The summed E-state index contributed by atoms with van der Waals surface area (Å²) in [6, 6.07) is 9.38. The molecule has 2 aromatic carbocycles. The van der Waals surface area contributed by atoms with Gasteiger partial charge in [0, 0.05) is 28.3 Å². The molecule has 7 N–H and O–H groups in total. The summed E-state index contributed by atoms with van der Waals surface area (Å²) < 4.78 is 0. The number of hydrogen-bond donors (Lipinski definition) is 5. The van der Waals surface area contributed by atoms with Crippen molar-refractivity contribution in [1.82, 2.24) is 0 Å². The van der Waals surface area contributed by atoms with Crippen LogP contribution < -0.4 is 27.6 Å². The zero-order chi connectivity index (χ0) is 18.7. The second kappa shape index (κ2) is 7.55. The van der Waals surface area contributed by atoms with Crippen LogP contribution in [0.2, 0.25) is 0 Å². The van der Waals surface area contributed by atoms with Crippen molar-refractivity contribution in [3.8, 4) is 0 Å². The van der Waals surface area contributed by atoms with E-state index in [9.17, 15) is 4.79 Å². The third-order valence-corrected chi connectivity index (χ3v) is 5.07. The molecular formula is C19H21N5OS. The van der Waals surface area contributed by atoms with Gasteiger partial charge >= 0.3 is 0 Å². The van der Waals surface area contributed by atoms with Gasteiger partial charge in [-0.3, -0.25) is 10.6 Å². The maximum absolute atomic E-state index is 12.4. The number of fused-ring (bicyclic) bond motifs is 1. The average molecular weight is 367 g/mol. The average Bonchev–Trinajstić information content (AvgIpc) is 2.95. The molecule has 0 saturated carbocycles. The summed E-state index contributed by atoms with van der Waals surface area (Å²) in [5, 5.41) is 7.95. The Morgan fingerprint density at radius 1 is 1.31 bits per heavy atom. The van der Waals surface area contributed by atoms with Crippen molar-refractivity contribution in [3.63, 3.8) is 0 Å². The van der Waals surface area contributed by atoms with E-state index in [-0.39, 0.29) is 5.91 Å². The molecule has 0 spiro atoms. The van der Waals surface area contributed by atoms with Gasteiger partial charge < -0.3 is 21.8 Å². The molecule has 1 aliphatic rings. The lowest BCUT2D eigenvalue weighted by atomic mass is 10.0. The van der Waals surface area contributed by atoms with Gasteiger partial charge in [-0.15, -0.1) is 0 Å². The maximum atomic E-state index is 12.4. The Bertz CT molecular complexity index is 907. The number of nitrogen functional groups attached to an aromatic ring is 2. The molecule has 134 valence electrons. The molecule has 0 saturated heterocycles. The Labute approximate surface area is 156 Å². The van der Waals surface area contributed by atoms with E-state index in [2.05, 4.69) is 22.6 Å². The fourth-order valence-electron chi connectivity index (χ4n) is 2.85. The molecule has 2 aromatic rings. The normalized spacial score (nSPS) is 14.1. The topological polar surface area (TPSA) is 105 Å². The summed E-state index contributed by atoms with van der Waals surface area (Å²) in [6.45, 7) is 6.31. The molecule has 1 amide bonds. The van der Waals surface area contributed by atoms with Crippen molar-refractivity contribution in [2.75, 3.05) is 28.3 Å². The zero-order valence-electron chi connectivity index (χ0n) is 14.4. The van der Waals surface area contributed by atoms with Gasteiger partial charge in [-0.2, -0.15) is 0 Å². The molecule has 0 bridgehead atoms. The van der Waals surface area contributed by atoms with Crippen LogP contribution in [0.1, 0.15) is 11.1 Å². The van der Waals surface area contributed by atoms with E-state index in [0.717, 1.165) is 27.4 Å². The summed E-state index contributed by atoms with van der Waals surface area (Å²) in [6.07, 6.45) is 1.89. The Morgan fingerprint density at radius 3 is 2.85 bits per heavy atom. The SMILES string of the molecule is C=CSc1c(C)ccc2c1C(=CCNc1ccc(N)c(NN)c1)C(=O)N2. The monoisotopic (exact) mass is 367 g/mol. The fourth-order valence-corrected chi connectivity index (χ4v) is 3.61. The van der Waals surface area contributed by atoms with E-state index in [1.54, 1.807) is 11.5 Å². The highest BCUT2D eigenvalue weighted by molar-refractivity contribution is 8.02. The lowest BCUT2D eigenvalue weighted by Gasteiger charge is -2.10. The summed E-state index contributed by atoms with van der Waals surface area (Å²) in [7, 11) is 0. The number of amides is 1. The highest BCUT2D eigenvalue weighted by Crippen LogP contribution is 2.41. The van der Waals surface area contributed by atoms with E-state index in [4.69, 9.17) is 11.6 Å². The van der Waals surface area contributed by atoms with Gasteiger partial charge in [0.1, 0.15) is 0 Å². The first-order chi connectivity index (χ1) is 12.5. The number of anilines is 4. The van der Waals surface area contributed by atoms with Crippen molar-refractivity contribution in [3.05, 3.63) is 59.5 Å². The van der Waals surface area contributed by atoms with Gasteiger partial charge in [-0.1, -0.05) is 30.5 Å². The van der Waals surface area contributed by atoms with Crippen LogP contribution >= 0.6 is 11.8 Å². The van der Waals surface area contributed by atoms with Gasteiger partial charge in [-0.05, 0) is 42.2 Å². The lowest BCUT2D eigenvalue weighted by Crippen LogP contribution is -2.10. The molecule has 1 heterocycles. The van der Waals surface area contributed by atoms with Crippen LogP contribution in [0.15, 0.2) is 53.3 Å². The standard InChI is InChI=1S/C19H21N5OS/c1-3-26-18-11(2)4-7-15-17(18)13(19(25)23-15)8-9-22-12-5-6-14(20)16(10-12)24-21/h3-8,10,22,24H,1,9,20-21H2,2H3,(H,23,25). The summed E-state index contributed by atoms with van der Waals surface area (Å²) in [5.41, 5.74) is 14.0. The van der Waals surface area contributed by atoms with Gasteiger partial charge in [0.05, 0.1) is 17.1 Å². The number of carbonyl (C=O) groups is 1. The number of rotatable bonds is 6. The first-order valence-electron chi connectivity index (χ1n) is 8.08. The first-order valence-corrected chi connectivity index (χ1v) is 8.96. The van der Waals surface area contributed by atoms with E-state index >= 15 is 0 Å². The van der Waals surface area contributed by atoms with Crippen LogP contribution in [0, 0.1) is 6.92 Å². The maximum Gasteiger partial charge on any atom is 0.256 e. The third-order valence-electron chi connectivity index (χ3n) is 4.14. The molecule has 7 heteroatoms. The largest absolute Gasteiger partial charge is 0.397 e. The molecule has 6 nitrogen and oxygen atoms in total. The van der Waals surface area contributed by atoms with Gasteiger partial charge in [0.25, 0.3) is 5.91 Å². The Balaban J connectivity index is 1.86. The molecule has 0 fully saturated rings. The van der Waals surface area contributed by atoms with Crippen LogP contribution in [0.5, 0.6) is 0 Å². The molecule has 0 atom stereocenters. The lowest BCUT2D eigenvalue weighted by molar-refractivity contribution is -0.110. The first kappa shape index (κ1) is 17.9. The Morgan fingerprint density at radius 2 is 2.12 bits per heavy atom. The smallest absolute Gasteiger partial charge is 0.256 e. The number of nitrogens with two attached hydrogens (primary N) is 2. The second-order valence-corrected chi connectivity index (χ2v) is 6.80. The molecule has 26 heavy (non-hydrogen) atoms. The van der Waals surface area contributed by atoms with E-state index in [1.807, 2.05) is 37.3 Å². The quantitative estimate of drug-likeness (QED) is 0.176. The van der Waals surface area contributed by atoms with Crippen LogP contribution in [0.3, 0.4) is 0 Å². The molecular weight excluding hydrogens is 346 g/mol. The van der Waals surface area contributed by atoms with Crippen molar-refractivity contribution in [2.24, 2.45) is 5.84 Å². The molecule has 0 unspecified atom stereocenters. The van der Waals surface area contributed by atoms with Gasteiger partial charge in [-0.25, -0.2) is 0 Å². The number of nitrogens with one attached hydrogen (secondary N) is 3. The Kier molecular flexibility index (Phi) is 5.20. The number of hydrazine groups is 1. The van der Waals surface area contributed by atoms with Crippen LogP contribution in [-0.2, 0) is 4.79 Å². The molecule has 3 rings (SSSR count). The zero-order valence-corrected chi connectivity index (χ0v) is 15.2. The molecule has 0 aliphatic carbocycles. The number of hydrogen-bond acceptors (Lipinski definition) is 6. The number of thioether (sulfide) groups is 1. The Hall–Kier alpha value is -2.90. The minimum Gasteiger partial charge on any atom is -0.397 e. The van der Waals surface area contributed by atoms with E-state index < -0.39 is 0 Å². The van der Waals surface area contributed by atoms with Gasteiger partial charge in [0.15, 0.2) is 0 Å². The molecule has 1 aliphatic heterocycles. The summed E-state index contributed by atoms with van der Waals surface area (Å²) in [4.78, 5) is 13.4. The number of benzene rings is 2. The highest BCUT2D eigenvalue weighted by Gasteiger charge is 2.27. The fraction of sp³-hybridized carbons (Fsp3) is 0.105.